The van der Waals surface area contributed by atoms with E-state index >= 15 is 0 Å². The molecule has 0 fully saturated rings. The zero-order valence-corrected chi connectivity index (χ0v) is 14.6. The maximum absolute atomic E-state index is 12.8. The molecule has 1 atom stereocenters. The molecule has 0 spiro atoms. The van der Waals surface area contributed by atoms with Crippen LogP contribution in [0.2, 0.25) is 0 Å². The zero-order chi connectivity index (χ0) is 17.2. The number of aromatic nitrogens is 2. The molecule has 1 aliphatic carbocycles. The van der Waals surface area contributed by atoms with Gasteiger partial charge in [0.15, 0.2) is 5.78 Å². The van der Waals surface area contributed by atoms with Gasteiger partial charge in [-0.3, -0.25) is 9.78 Å². The third-order valence-corrected chi connectivity index (χ3v) is 5.27. The summed E-state index contributed by atoms with van der Waals surface area (Å²) in [6.07, 6.45) is 5.67. The first-order valence-corrected chi connectivity index (χ1v) is 9.07. The molecule has 0 saturated carbocycles. The van der Waals surface area contributed by atoms with E-state index in [-0.39, 0.29) is 11.7 Å². The van der Waals surface area contributed by atoms with Gasteiger partial charge in [0.25, 0.3) is 0 Å². The van der Waals surface area contributed by atoms with E-state index in [9.17, 15) is 4.79 Å². The number of benzene rings is 1. The van der Waals surface area contributed by atoms with Gasteiger partial charge < -0.3 is 4.98 Å². The molecule has 0 aliphatic heterocycles. The summed E-state index contributed by atoms with van der Waals surface area (Å²) in [4.78, 5) is 20.5. The molecule has 4 heteroatoms. The van der Waals surface area contributed by atoms with Gasteiger partial charge in [0, 0.05) is 47.9 Å². The summed E-state index contributed by atoms with van der Waals surface area (Å²) in [6, 6.07) is 14.2. The monoisotopic (exact) mass is 350 g/mol. The lowest BCUT2D eigenvalue weighted by Gasteiger charge is -2.19. The van der Waals surface area contributed by atoms with Crippen molar-refractivity contribution in [3.8, 4) is 11.3 Å². The number of hydrogen-bond acceptors (Lipinski definition) is 2. The topological polar surface area (TPSA) is 45.8 Å². The first kappa shape index (κ1) is 16.1. The number of aromatic amines is 1. The molecular weight excluding hydrogens is 332 g/mol. The summed E-state index contributed by atoms with van der Waals surface area (Å²) < 4.78 is 0. The van der Waals surface area contributed by atoms with Gasteiger partial charge in [-0.05, 0) is 35.6 Å². The molecule has 3 aromatic rings. The normalized spacial score (nSPS) is 16.7. The van der Waals surface area contributed by atoms with Crippen molar-refractivity contribution in [1.82, 2.24) is 9.97 Å². The second kappa shape index (κ2) is 6.85. The zero-order valence-electron chi connectivity index (χ0n) is 13.8. The van der Waals surface area contributed by atoms with Gasteiger partial charge in [-0.2, -0.15) is 0 Å². The average molecular weight is 351 g/mol. The Morgan fingerprint density at radius 3 is 2.56 bits per heavy atom. The third-order valence-electron chi connectivity index (χ3n) is 4.84. The average Bonchev–Trinajstić information content (AvgIpc) is 3.02. The van der Waals surface area contributed by atoms with Crippen LogP contribution < -0.4 is 0 Å². The van der Waals surface area contributed by atoms with Gasteiger partial charge in [-0.1, -0.05) is 30.3 Å². The summed E-state index contributed by atoms with van der Waals surface area (Å²) in [5.41, 5.74) is 6.28. The van der Waals surface area contributed by atoms with Gasteiger partial charge in [-0.15, -0.1) is 11.6 Å². The van der Waals surface area contributed by atoms with Gasteiger partial charge in [-0.25, -0.2) is 0 Å². The number of carbonyl (C=O) groups is 1. The Hall–Kier alpha value is -2.39. The molecule has 4 rings (SSSR count). The van der Waals surface area contributed by atoms with E-state index in [1.807, 2.05) is 30.3 Å². The Labute approximate surface area is 152 Å². The van der Waals surface area contributed by atoms with E-state index in [4.69, 9.17) is 11.6 Å². The van der Waals surface area contributed by atoms with Crippen LogP contribution in [-0.4, -0.2) is 21.6 Å². The standard InChI is InChI=1S/C21H19ClN2O/c22-13-15-11-18-20(19(25)12-15)17(10-14-4-2-1-3-5-14)21(24-18)16-6-8-23-9-7-16/h1-9,15,24H,10-13H2. The molecule has 1 unspecified atom stereocenters. The molecule has 1 aromatic carbocycles. The molecule has 2 heterocycles. The predicted octanol–water partition coefficient (Wildman–Crippen LogP) is 4.65. The number of H-pyrrole nitrogens is 1. The summed E-state index contributed by atoms with van der Waals surface area (Å²) >= 11 is 6.03. The van der Waals surface area contributed by atoms with Crippen molar-refractivity contribution < 1.29 is 4.79 Å². The first-order valence-electron chi connectivity index (χ1n) is 8.53. The van der Waals surface area contributed by atoms with E-state index in [1.165, 1.54) is 5.56 Å². The highest BCUT2D eigenvalue weighted by Gasteiger charge is 2.31. The van der Waals surface area contributed by atoms with E-state index < -0.39 is 0 Å². The Morgan fingerprint density at radius 2 is 1.84 bits per heavy atom. The van der Waals surface area contributed by atoms with Crippen LogP contribution in [0.15, 0.2) is 54.9 Å². The summed E-state index contributed by atoms with van der Waals surface area (Å²) in [7, 11) is 0. The van der Waals surface area contributed by atoms with Crippen LogP contribution in [-0.2, 0) is 12.8 Å². The van der Waals surface area contributed by atoms with Crippen LogP contribution in [0, 0.1) is 5.92 Å². The summed E-state index contributed by atoms with van der Waals surface area (Å²) in [6.45, 7) is 0. The maximum atomic E-state index is 12.8. The first-order chi connectivity index (χ1) is 12.3. The Balaban J connectivity index is 1.85. The number of pyridine rings is 1. The minimum absolute atomic E-state index is 0.203. The molecule has 0 saturated heterocycles. The highest BCUT2D eigenvalue weighted by molar-refractivity contribution is 6.18. The number of ketones is 1. The number of nitrogens with one attached hydrogen (secondary N) is 1. The third kappa shape index (κ3) is 3.12. The molecule has 0 radical (unpaired) electrons. The van der Waals surface area contributed by atoms with Crippen LogP contribution in [0.25, 0.3) is 11.3 Å². The molecule has 25 heavy (non-hydrogen) atoms. The lowest BCUT2D eigenvalue weighted by atomic mass is 9.84. The number of fused-ring (bicyclic) bond motifs is 1. The summed E-state index contributed by atoms with van der Waals surface area (Å²) in [5.74, 6) is 0.938. The summed E-state index contributed by atoms with van der Waals surface area (Å²) in [5, 5.41) is 0. The molecular formula is C21H19ClN2O. The number of halogens is 1. The largest absolute Gasteiger partial charge is 0.358 e. The minimum Gasteiger partial charge on any atom is -0.358 e. The minimum atomic E-state index is 0.203. The molecule has 1 N–H and O–H groups in total. The highest BCUT2D eigenvalue weighted by Crippen LogP contribution is 2.36. The SMILES string of the molecule is O=C1CC(CCl)Cc2[nH]c(-c3ccncc3)c(Cc3ccccc3)c21. The van der Waals surface area contributed by atoms with Crippen LogP contribution in [0.1, 0.15) is 33.6 Å². The Bertz CT molecular complexity index is 887. The van der Waals surface area contributed by atoms with Crippen LogP contribution in [0.3, 0.4) is 0 Å². The fourth-order valence-corrected chi connectivity index (χ4v) is 3.88. The lowest BCUT2D eigenvalue weighted by Crippen LogP contribution is -2.21. The van der Waals surface area contributed by atoms with Crippen molar-refractivity contribution in [3.05, 3.63) is 77.2 Å². The van der Waals surface area contributed by atoms with Crippen LogP contribution in [0.5, 0.6) is 0 Å². The molecule has 126 valence electrons. The van der Waals surface area contributed by atoms with E-state index in [0.29, 0.717) is 12.3 Å². The van der Waals surface area contributed by atoms with E-state index in [2.05, 4.69) is 22.1 Å². The quantitative estimate of drug-likeness (QED) is 0.696. The number of Topliss-reactive ketones (excluding diaryl/α,β-unsaturated/α-hetero) is 1. The molecule has 0 bridgehead atoms. The van der Waals surface area contributed by atoms with Crippen LogP contribution in [0.4, 0.5) is 0 Å². The van der Waals surface area contributed by atoms with Crippen molar-refractivity contribution in [2.75, 3.05) is 5.88 Å². The van der Waals surface area contributed by atoms with Gasteiger partial charge in [0.05, 0.1) is 5.69 Å². The molecule has 2 aromatic heterocycles. The second-order valence-electron chi connectivity index (χ2n) is 6.58. The Morgan fingerprint density at radius 1 is 1.08 bits per heavy atom. The van der Waals surface area contributed by atoms with E-state index in [0.717, 1.165) is 40.9 Å². The van der Waals surface area contributed by atoms with Crippen molar-refractivity contribution in [2.45, 2.75) is 19.3 Å². The molecule has 0 amide bonds. The van der Waals surface area contributed by atoms with Gasteiger partial charge >= 0.3 is 0 Å². The fourth-order valence-electron chi connectivity index (χ4n) is 3.66. The van der Waals surface area contributed by atoms with Gasteiger partial charge in [0.2, 0.25) is 0 Å². The number of carbonyl (C=O) groups excluding carboxylic acids is 1. The second-order valence-corrected chi connectivity index (χ2v) is 6.89. The lowest BCUT2D eigenvalue weighted by molar-refractivity contribution is 0.0953. The predicted molar refractivity (Wildman–Crippen MR) is 100 cm³/mol. The maximum Gasteiger partial charge on any atom is 0.165 e. The number of hydrogen-bond donors (Lipinski definition) is 1. The van der Waals surface area contributed by atoms with Crippen molar-refractivity contribution in [2.24, 2.45) is 5.92 Å². The van der Waals surface area contributed by atoms with E-state index in [1.54, 1.807) is 12.4 Å². The number of alkyl halides is 1. The smallest absolute Gasteiger partial charge is 0.165 e. The van der Waals surface area contributed by atoms with Crippen molar-refractivity contribution in [3.63, 3.8) is 0 Å². The molecule has 1 aliphatic rings. The number of nitrogens with zero attached hydrogens (tertiary/aromatic N) is 1. The van der Waals surface area contributed by atoms with Crippen molar-refractivity contribution >= 4 is 17.4 Å². The van der Waals surface area contributed by atoms with Crippen molar-refractivity contribution in [1.29, 1.82) is 0 Å². The molecule has 3 nitrogen and oxygen atoms in total. The fraction of sp³-hybridized carbons (Fsp3) is 0.238. The highest BCUT2D eigenvalue weighted by atomic mass is 35.5. The van der Waals surface area contributed by atoms with Gasteiger partial charge in [0.1, 0.15) is 0 Å². The Kier molecular flexibility index (Phi) is 4.41. The number of rotatable bonds is 4. The van der Waals surface area contributed by atoms with Crippen LogP contribution >= 0.6 is 11.6 Å².